The lowest BCUT2D eigenvalue weighted by atomic mass is 10.2. The molecule has 0 spiro atoms. The number of carbonyl (C=O) groups is 1. The molecule has 0 unspecified atom stereocenters. The summed E-state index contributed by atoms with van der Waals surface area (Å²) in [6.45, 7) is 2.15. The second-order valence-electron chi connectivity index (χ2n) is 7.20. The number of hydrogen-bond acceptors (Lipinski definition) is 7. The van der Waals surface area contributed by atoms with Crippen LogP contribution in [0, 0.1) is 0 Å². The molecular formula is C20H21N5O4S. The van der Waals surface area contributed by atoms with Gasteiger partial charge in [0.05, 0.1) is 16.7 Å². The number of thioether (sulfide) groups is 1. The van der Waals surface area contributed by atoms with Gasteiger partial charge in [0.2, 0.25) is 0 Å². The lowest BCUT2D eigenvalue weighted by molar-refractivity contribution is 0.102. The summed E-state index contributed by atoms with van der Waals surface area (Å²) < 4.78 is 2.82. The number of para-hydroxylation sites is 1. The number of aromatic amines is 1. The molecule has 156 valence electrons. The molecule has 1 aliphatic carbocycles. The van der Waals surface area contributed by atoms with Crippen LogP contribution in [0.2, 0.25) is 0 Å². The van der Waals surface area contributed by atoms with Crippen LogP contribution >= 0.6 is 11.8 Å². The smallest absolute Gasteiger partial charge is 0.329 e. The van der Waals surface area contributed by atoms with Crippen LogP contribution < -0.4 is 22.5 Å². The molecular weight excluding hydrogens is 406 g/mol. The summed E-state index contributed by atoms with van der Waals surface area (Å²) in [6.07, 6.45) is 2.39. The van der Waals surface area contributed by atoms with Crippen LogP contribution in [0.25, 0.3) is 10.9 Å². The van der Waals surface area contributed by atoms with E-state index in [0.29, 0.717) is 29.0 Å². The van der Waals surface area contributed by atoms with E-state index in [1.54, 1.807) is 28.8 Å². The fraction of sp³-hybridized carbons (Fsp3) is 0.350. The van der Waals surface area contributed by atoms with Crippen LogP contribution in [-0.4, -0.2) is 30.6 Å². The quantitative estimate of drug-likeness (QED) is 0.332. The van der Waals surface area contributed by atoms with Crippen LogP contribution in [-0.2, 0) is 6.54 Å². The average Bonchev–Trinajstić information content (AvgIpc) is 3.54. The number of benzene rings is 1. The van der Waals surface area contributed by atoms with Crippen LogP contribution in [0.5, 0.6) is 0 Å². The predicted molar refractivity (Wildman–Crippen MR) is 115 cm³/mol. The lowest BCUT2D eigenvalue weighted by Crippen LogP contribution is -2.36. The van der Waals surface area contributed by atoms with Gasteiger partial charge in [0.1, 0.15) is 11.4 Å². The normalized spacial score (nSPS) is 13.6. The van der Waals surface area contributed by atoms with Crippen molar-refractivity contribution < 1.29 is 4.79 Å². The van der Waals surface area contributed by atoms with Crippen molar-refractivity contribution in [3.8, 4) is 0 Å². The summed E-state index contributed by atoms with van der Waals surface area (Å²) >= 11 is 1.09. The van der Waals surface area contributed by atoms with E-state index in [1.807, 2.05) is 6.92 Å². The molecule has 1 saturated carbocycles. The molecule has 1 fully saturated rings. The number of nitrogens with one attached hydrogen (secondary N) is 1. The summed E-state index contributed by atoms with van der Waals surface area (Å²) in [5.74, 6) is -0.787. The standard InChI is InChI=1S/C20H21N5O4S/c1-2-9-24-16(21)15(17(27)23-19(24)29)14(26)10-30-20-22-13-6-4-3-5-12(13)18(28)25(20)11-7-8-11/h3-6,11H,2,7-10,21H2,1H3,(H,23,27,29). The molecule has 0 radical (unpaired) electrons. The van der Waals surface area contributed by atoms with Gasteiger partial charge in [-0.25, -0.2) is 9.78 Å². The molecule has 10 heteroatoms. The first-order valence-electron chi connectivity index (χ1n) is 9.72. The molecule has 0 atom stereocenters. The summed E-state index contributed by atoms with van der Waals surface area (Å²) in [6, 6.07) is 7.16. The Balaban J connectivity index is 1.69. The van der Waals surface area contributed by atoms with Crippen LogP contribution in [0.4, 0.5) is 5.82 Å². The minimum atomic E-state index is -0.804. The second-order valence-corrected chi connectivity index (χ2v) is 8.14. The average molecular weight is 427 g/mol. The Kier molecular flexibility index (Phi) is 5.33. The van der Waals surface area contributed by atoms with Crippen molar-refractivity contribution >= 4 is 34.3 Å². The van der Waals surface area contributed by atoms with Crippen LogP contribution in [0.1, 0.15) is 42.6 Å². The van der Waals surface area contributed by atoms with Crippen molar-refractivity contribution in [3.63, 3.8) is 0 Å². The maximum absolute atomic E-state index is 12.9. The zero-order valence-corrected chi connectivity index (χ0v) is 17.2. The van der Waals surface area contributed by atoms with E-state index in [1.165, 1.54) is 4.57 Å². The number of fused-ring (bicyclic) bond motifs is 1. The number of rotatable bonds is 7. The topological polar surface area (TPSA) is 133 Å². The monoisotopic (exact) mass is 427 g/mol. The van der Waals surface area contributed by atoms with E-state index in [2.05, 4.69) is 9.97 Å². The first-order chi connectivity index (χ1) is 14.4. The Morgan fingerprint density at radius 1 is 1.27 bits per heavy atom. The van der Waals surface area contributed by atoms with Crippen LogP contribution in [0.15, 0.2) is 43.8 Å². The fourth-order valence-electron chi connectivity index (χ4n) is 3.39. The Bertz CT molecular complexity index is 1320. The van der Waals surface area contributed by atoms with Crippen molar-refractivity contribution in [1.29, 1.82) is 0 Å². The van der Waals surface area contributed by atoms with Gasteiger partial charge < -0.3 is 5.73 Å². The third kappa shape index (κ3) is 3.58. The van der Waals surface area contributed by atoms with Crippen LogP contribution in [0.3, 0.4) is 0 Å². The zero-order chi connectivity index (χ0) is 21.4. The molecule has 4 rings (SSSR count). The van der Waals surface area contributed by atoms with Gasteiger partial charge in [-0.05, 0) is 31.4 Å². The maximum Gasteiger partial charge on any atom is 0.329 e. The number of aromatic nitrogens is 4. The van der Waals surface area contributed by atoms with Gasteiger partial charge >= 0.3 is 5.69 Å². The first-order valence-corrected chi connectivity index (χ1v) is 10.7. The van der Waals surface area contributed by atoms with Gasteiger partial charge in [-0.3, -0.25) is 28.5 Å². The van der Waals surface area contributed by atoms with E-state index in [0.717, 1.165) is 24.6 Å². The van der Waals surface area contributed by atoms with E-state index >= 15 is 0 Å². The van der Waals surface area contributed by atoms with Gasteiger partial charge in [-0.15, -0.1) is 0 Å². The number of nitrogens with two attached hydrogens (primary N) is 1. The Morgan fingerprint density at radius 3 is 2.70 bits per heavy atom. The van der Waals surface area contributed by atoms with Gasteiger partial charge in [0.15, 0.2) is 10.9 Å². The highest BCUT2D eigenvalue weighted by atomic mass is 32.2. The summed E-state index contributed by atoms with van der Waals surface area (Å²) in [5, 5.41) is 0.971. The number of carbonyl (C=O) groups excluding carboxylic acids is 1. The molecule has 30 heavy (non-hydrogen) atoms. The fourth-order valence-corrected chi connectivity index (χ4v) is 4.33. The number of hydrogen-bond donors (Lipinski definition) is 2. The molecule has 1 aromatic carbocycles. The van der Waals surface area contributed by atoms with Gasteiger partial charge in [0, 0.05) is 12.6 Å². The predicted octanol–water partition coefficient (Wildman–Crippen LogP) is 1.55. The first kappa shape index (κ1) is 20.1. The number of ketones is 1. The van der Waals surface area contributed by atoms with Gasteiger partial charge in [0.25, 0.3) is 11.1 Å². The minimum Gasteiger partial charge on any atom is -0.384 e. The summed E-state index contributed by atoms with van der Waals surface area (Å²) in [7, 11) is 0. The molecule has 0 saturated heterocycles. The lowest BCUT2D eigenvalue weighted by Gasteiger charge is -2.13. The third-order valence-corrected chi connectivity index (χ3v) is 5.94. The van der Waals surface area contributed by atoms with E-state index in [4.69, 9.17) is 5.73 Å². The minimum absolute atomic E-state index is 0.0761. The third-order valence-electron chi connectivity index (χ3n) is 4.99. The van der Waals surface area contributed by atoms with Crippen molar-refractivity contribution in [3.05, 3.63) is 61.0 Å². The van der Waals surface area contributed by atoms with E-state index in [9.17, 15) is 19.2 Å². The van der Waals surface area contributed by atoms with Gasteiger partial charge in [-0.2, -0.15) is 0 Å². The highest BCUT2D eigenvalue weighted by Crippen LogP contribution is 2.36. The molecule has 9 nitrogen and oxygen atoms in total. The highest BCUT2D eigenvalue weighted by molar-refractivity contribution is 7.99. The van der Waals surface area contributed by atoms with Crippen molar-refractivity contribution in [2.24, 2.45) is 0 Å². The molecule has 0 bridgehead atoms. The van der Waals surface area contributed by atoms with Gasteiger partial charge in [-0.1, -0.05) is 30.8 Å². The number of H-pyrrole nitrogens is 1. The molecule has 3 N–H and O–H groups in total. The number of Topliss-reactive ketones (excluding diaryl/α,β-unsaturated/α-hetero) is 1. The Morgan fingerprint density at radius 2 is 2.00 bits per heavy atom. The molecule has 0 aliphatic heterocycles. The number of nitrogens with zero attached hydrogens (tertiary/aromatic N) is 3. The molecule has 2 aromatic heterocycles. The largest absolute Gasteiger partial charge is 0.384 e. The zero-order valence-electron chi connectivity index (χ0n) is 16.4. The Hall–Kier alpha value is -3.14. The van der Waals surface area contributed by atoms with E-state index in [-0.39, 0.29) is 28.7 Å². The SMILES string of the molecule is CCCn1c(N)c(C(=O)CSc2nc3ccccc3c(=O)n2C2CC2)c(=O)[nH]c1=O. The molecule has 3 aromatic rings. The highest BCUT2D eigenvalue weighted by Gasteiger charge is 2.29. The summed E-state index contributed by atoms with van der Waals surface area (Å²) in [5.41, 5.74) is 4.72. The molecule has 1 aliphatic rings. The Labute approximate surface area is 174 Å². The number of anilines is 1. The van der Waals surface area contributed by atoms with Crippen molar-refractivity contribution in [2.75, 3.05) is 11.5 Å². The summed E-state index contributed by atoms with van der Waals surface area (Å²) in [4.78, 5) is 56.7. The van der Waals surface area contributed by atoms with Crippen molar-refractivity contribution in [1.82, 2.24) is 19.1 Å². The second kappa shape index (κ2) is 7.94. The van der Waals surface area contributed by atoms with Crippen molar-refractivity contribution in [2.45, 2.75) is 43.9 Å². The van der Waals surface area contributed by atoms with E-state index < -0.39 is 17.0 Å². The molecule has 0 amide bonds. The number of nitrogen functional groups attached to an aromatic ring is 1. The maximum atomic E-state index is 12.9. The molecule has 2 heterocycles.